The summed E-state index contributed by atoms with van der Waals surface area (Å²) in [6, 6.07) is 25.8. The van der Waals surface area contributed by atoms with Gasteiger partial charge in [0.15, 0.2) is 0 Å². The van der Waals surface area contributed by atoms with Crippen molar-refractivity contribution in [3.8, 4) is 17.9 Å². The quantitative estimate of drug-likeness (QED) is 0.472. The number of aryl methyl sites for hydroxylation is 1. The Bertz CT molecular complexity index is 1170. The molecule has 0 spiro atoms. The van der Waals surface area contributed by atoms with Gasteiger partial charge in [0.25, 0.3) is 5.91 Å². The highest BCUT2D eigenvalue weighted by atomic mass is 16.5. The number of benzene rings is 3. The summed E-state index contributed by atoms with van der Waals surface area (Å²) in [5, 5.41) is 21.2. The molecule has 5 heteroatoms. The van der Waals surface area contributed by atoms with Crippen LogP contribution in [0.5, 0.6) is 5.75 Å². The van der Waals surface area contributed by atoms with Crippen LogP contribution in [0.15, 0.2) is 78.4 Å². The molecule has 0 unspecified atom stereocenters. The Balaban J connectivity index is 1.67. The maximum atomic E-state index is 12.4. The number of ether oxygens (including phenoxy) is 1. The van der Waals surface area contributed by atoms with E-state index in [1.54, 1.807) is 36.4 Å². The SMILES string of the molecule is Cc1cccc(NC(=O)C(C#N)=Cc2ccc(OCc3ccccc3C#N)cc2)c1. The molecule has 0 fully saturated rings. The number of carbonyl (C=O) groups excluding carboxylic acids is 1. The first kappa shape index (κ1) is 20.4. The van der Waals surface area contributed by atoms with E-state index >= 15 is 0 Å². The van der Waals surface area contributed by atoms with Crippen molar-refractivity contribution in [1.82, 2.24) is 0 Å². The molecule has 0 aliphatic heterocycles. The lowest BCUT2D eigenvalue weighted by Crippen LogP contribution is -2.13. The highest BCUT2D eigenvalue weighted by molar-refractivity contribution is 6.09. The molecule has 3 rings (SSSR count). The van der Waals surface area contributed by atoms with Gasteiger partial charge in [-0.3, -0.25) is 4.79 Å². The van der Waals surface area contributed by atoms with Gasteiger partial charge in [-0.1, -0.05) is 42.5 Å². The fourth-order valence-corrected chi connectivity index (χ4v) is 2.81. The minimum absolute atomic E-state index is 0.00752. The predicted octanol–water partition coefficient (Wildman–Crippen LogP) is 4.99. The summed E-state index contributed by atoms with van der Waals surface area (Å²) >= 11 is 0. The molecule has 0 aliphatic carbocycles. The standard InChI is InChI=1S/C25H19N3O2/c1-18-5-4-8-23(13-18)28-25(29)22(16-27)14-19-9-11-24(12-10-19)30-17-21-7-3-2-6-20(21)15-26/h2-14H,17H2,1H3,(H,28,29). The number of hydrogen-bond acceptors (Lipinski definition) is 4. The summed E-state index contributed by atoms with van der Waals surface area (Å²) in [4.78, 5) is 12.4. The van der Waals surface area contributed by atoms with E-state index in [1.165, 1.54) is 6.08 Å². The van der Waals surface area contributed by atoms with E-state index in [-0.39, 0.29) is 12.2 Å². The lowest BCUT2D eigenvalue weighted by molar-refractivity contribution is -0.112. The molecule has 0 radical (unpaired) electrons. The fourth-order valence-electron chi connectivity index (χ4n) is 2.81. The van der Waals surface area contributed by atoms with Crippen molar-refractivity contribution in [2.45, 2.75) is 13.5 Å². The third-order valence-electron chi connectivity index (χ3n) is 4.36. The number of rotatable bonds is 6. The first-order valence-corrected chi connectivity index (χ1v) is 9.30. The van der Waals surface area contributed by atoms with Gasteiger partial charge in [-0.2, -0.15) is 10.5 Å². The van der Waals surface area contributed by atoms with E-state index in [2.05, 4.69) is 11.4 Å². The highest BCUT2D eigenvalue weighted by Crippen LogP contribution is 2.18. The number of nitriles is 2. The van der Waals surface area contributed by atoms with Crippen LogP contribution in [-0.2, 0) is 11.4 Å². The molecule has 3 aromatic carbocycles. The van der Waals surface area contributed by atoms with Crippen LogP contribution in [-0.4, -0.2) is 5.91 Å². The van der Waals surface area contributed by atoms with Gasteiger partial charge in [-0.15, -0.1) is 0 Å². The van der Waals surface area contributed by atoms with Crippen LogP contribution in [0.4, 0.5) is 5.69 Å². The van der Waals surface area contributed by atoms with Gasteiger partial charge in [0.2, 0.25) is 0 Å². The Morgan fingerprint density at radius 1 is 1.03 bits per heavy atom. The van der Waals surface area contributed by atoms with Crippen LogP contribution in [0.1, 0.15) is 22.3 Å². The van der Waals surface area contributed by atoms with Crippen molar-refractivity contribution in [2.75, 3.05) is 5.32 Å². The van der Waals surface area contributed by atoms with Crippen LogP contribution in [0.2, 0.25) is 0 Å². The van der Waals surface area contributed by atoms with Crippen molar-refractivity contribution in [3.63, 3.8) is 0 Å². The molecule has 0 bridgehead atoms. The zero-order chi connectivity index (χ0) is 21.3. The fraction of sp³-hybridized carbons (Fsp3) is 0.0800. The van der Waals surface area contributed by atoms with E-state index in [9.17, 15) is 10.1 Å². The number of nitrogens with one attached hydrogen (secondary N) is 1. The number of carbonyl (C=O) groups is 1. The van der Waals surface area contributed by atoms with Crippen molar-refractivity contribution in [3.05, 3.63) is 101 Å². The van der Waals surface area contributed by atoms with E-state index in [0.29, 0.717) is 22.6 Å². The molecule has 3 aromatic rings. The van der Waals surface area contributed by atoms with Crippen LogP contribution in [0, 0.1) is 29.6 Å². The molecule has 0 saturated carbocycles. The largest absolute Gasteiger partial charge is 0.489 e. The number of hydrogen-bond donors (Lipinski definition) is 1. The van der Waals surface area contributed by atoms with Gasteiger partial charge in [-0.05, 0) is 54.5 Å². The molecule has 0 aliphatic rings. The molecule has 5 nitrogen and oxygen atoms in total. The maximum Gasteiger partial charge on any atom is 0.266 e. The highest BCUT2D eigenvalue weighted by Gasteiger charge is 2.10. The first-order valence-electron chi connectivity index (χ1n) is 9.30. The Kier molecular flexibility index (Phi) is 6.61. The van der Waals surface area contributed by atoms with Crippen LogP contribution in [0.3, 0.4) is 0 Å². The van der Waals surface area contributed by atoms with E-state index in [0.717, 1.165) is 11.1 Å². The van der Waals surface area contributed by atoms with Gasteiger partial charge in [0.1, 0.15) is 24.0 Å². The molecule has 0 aromatic heterocycles. The molecular formula is C25H19N3O2. The van der Waals surface area contributed by atoms with Crippen molar-refractivity contribution in [2.24, 2.45) is 0 Å². The average Bonchev–Trinajstić information content (AvgIpc) is 2.77. The van der Waals surface area contributed by atoms with E-state index in [1.807, 2.05) is 49.4 Å². The predicted molar refractivity (Wildman–Crippen MR) is 115 cm³/mol. The Labute approximate surface area is 175 Å². The van der Waals surface area contributed by atoms with Gasteiger partial charge in [0, 0.05) is 11.3 Å². The molecule has 146 valence electrons. The maximum absolute atomic E-state index is 12.4. The molecule has 0 saturated heterocycles. The third kappa shape index (κ3) is 5.34. The summed E-state index contributed by atoms with van der Waals surface area (Å²) in [5.41, 5.74) is 3.76. The van der Waals surface area contributed by atoms with Crippen molar-refractivity contribution in [1.29, 1.82) is 10.5 Å². The summed E-state index contributed by atoms with van der Waals surface area (Å²) in [6.45, 7) is 2.21. The second kappa shape index (κ2) is 9.73. The zero-order valence-corrected chi connectivity index (χ0v) is 16.4. The molecule has 0 heterocycles. The summed E-state index contributed by atoms with van der Waals surface area (Å²) in [7, 11) is 0. The van der Waals surface area contributed by atoms with Crippen LogP contribution in [0.25, 0.3) is 6.08 Å². The number of anilines is 1. The Hall–Kier alpha value is -4.35. The summed E-state index contributed by atoms with van der Waals surface area (Å²) in [5.74, 6) is 0.166. The van der Waals surface area contributed by atoms with Crippen LogP contribution >= 0.6 is 0 Å². The van der Waals surface area contributed by atoms with Crippen molar-refractivity contribution < 1.29 is 9.53 Å². The molecule has 1 amide bonds. The molecular weight excluding hydrogens is 374 g/mol. The average molecular weight is 393 g/mol. The Morgan fingerprint density at radius 2 is 1.80 bits per heavy atom. The lowest BCUT2D eigenvalue weighted by Gasteiger charge is -2.08. The Morgan fingerprint density at radius 3 is 2.50 bits per heavy atom. The number of amides is 1. The molecule has 30 heavy (non-hydrogen) atoms. The minimum atomic E-state index is -0.462. The van der Waals surface area contributed by atoms with Gasteiger partial charge in [0.05, 0.1) is 11.6 Å². The molecule has 0 atom stereocenters. The first-order chi connectivity index (χ1) is 14.6. The normalized spacial score (nSPS) is 10.6. The van der Waals surface area contributed by atoms with Gasteiger partial charge in [-0.25, -0.2) is 0 Å². The zero-order valence-electron chi connectivity index (χ0n) is 16.4. The number of nitrogens with zero attached hydrogens (tertiary/aromatic N) is 2. The van der Waals surface area contributed by atoms with E-state index in [4.69, 9.17) is 10.00 Å². The van der Waals surface area contributed by atoms with Gasteiger partial charge >= 0.3 is 0 Å². The van der Waals surface area contributed by atoms with Gasteiger partial charge < -0.3 is 10.1 Å². The third-order valence-corrected chi connectivity index (χ3v) is 4.36. The summed E-state index contributed by atoms with van der Waals surface area (Å²) in [6.07, 6.45) is 1.53. The summed E-state index contributed by atoms with van der Waals surface area (Å²) < 4.78 is 5.74. The second-order valence-corrected chi connectivity index (χ2v) is 6.62. The minimum Gasteiger partial charge on any atom is -0.489 e. The topological polar surface area (TPSA) is 85.9 Å². The lowest BCUT2D eigenvalue weighted by atomic mass is 10.1. The second-order valence-electron chi connectivity index (χ2n) is 6.62. The van der Waals surface area contributed by atoms with Crippen LogP contribution < -0.4 is 10.1 Å². The smallest absolute Gasteiger partial charge is 0.266 e. The molecule has 1 N–H and O–H groups in total. The monoisotopic (exact) mass is 393 g/mol. The van der Waals surface area contributed by atoms with E-state index < -0.39 is 5.91 Å². The van der Waals surface area contributed by atoms with Crippen molar-refractivity contribution >= 4 is 17.7 Å².